The largest absolute Gasteiger partial charge is 0.493 e. The highest BCUT2D eigenvalue weighted by Crippen LogP contribution is 2.36. The molecule has 0 saturated carbocycles. The van der Waals surface area contributed by atoms with Crippen LogP contribution in [0.4, 0.5) is 18.9 Å². The summed E-state index contributed by atoms with van der Waals surface area (Å²) in [7, 11) is 1.53. The molecule has 194 valence electrons. The number of carbonyl (C=O) groups is 1. The predicted octanol–water partition coefficient (Wildman–Crippen LogP) is 7.48. The number of nitrogens with one attached hydrogen (secondary N) is 1. The number of Topliss-reactive ketones (excluding diaryl/α,β-unsaturated/α-hetero) is 1. The van der Waals surface area contributed by atoms with Crippen LogP contribution in [0, 0.1) is 6.92 Å². The van der Waals surface area contributed by atoms with Gasteiger partial charge in [0.15, 0.2) is 17.3 Å². The fraction of sp³-hybridized carbons (Fsp3) is 0.286. The minimum Gasteiger partial charge on any atom is -0.493 e. The van der Waals surface area contributed by atoms with Gasteiger partial charge < -0.3 is 14.8 Å². The lowest BCUT2D eigenvalue weighted by molar-refractivity contribution is -0.131. The van der Waals surface area contributed by atoms with Gasteiger partial charge in [0, 0.05) is 36.3 Å². The zero-order chi connectivity index (χ0) is 26.6. The fourth-order valence-electron chi connectivity index (χ4n) is 4.13. The van der Waals surface area contributed by atoms with Crippen LogP contribution in [0.2, 0.25) is 0 Å². The number of imidazole rings is 1. The maximum atomic E-state index is 12.8. The highest BCUT2D eigenvalue weighted by Gasteiger charge is 2.26. The van der Waals surface area contributed by atoms with E-state index in [0.29, 0.717) is 46.0 Å². The van der Waals surface area contributed by atoms with E-state index in [4.69, 9.17) is 9.47 Å². The standard InChI is InChI=1S/C28H28F3N3O3/c1-4-7-24(35)21-11-10-19(14-18(21)2)34-17-33-27-22(32-13-12-28(29,30)31)15-20(16-23(27)34)37-26-9-6-5-8-25(26)36-3/h5-6,8-11,14-17,32H,4,7,12-13H2,1-3H3. The van der Waals surface area contributed by atoms with Crippen molar-refractivity contribution >= 4 is 22.5 Å². The number of aromatic nitrogens is 2. The summed E-state index contributed by atoms with van der Waals surface area (Å²) in [6, 6.07) is 16.0. The quantitative estimate of drug-likeness (QED) is 0.224. The van der Waals surface area contributed by atoms with Gasteiger partial charge in [-0.3, -0.25) is 9.36 Å². The Morgan fingerprint density at radius 2 is 1.84 bits per heavy atom. The van der Waals surface area contributed by atoms with Gasteiger partial charge in [-0.25, -0.2) is 4.98 Å². The van der Waals surface area contributed by atoms with E-state index in [2.05, 4.69) is 10.3 Å². The Labute approximate surface area is 213 Å². The van der Waals surface area contributed by atoms with Crippen molar-refractivity contribution in [3.8, 4) is 22.9 Å². The zero-order valence-corrected chi connectivity index (χ0v) is 20.9. The van der Waals surface area contributed by atoms with Gasteiger partial charge in [-0.05, 0) is 49.2 Å². The molecule has 0 fully saturated rings. The number of ketones is 1. The van der Waals surface area contributed by atoms with Crippen molar-refractivity contribution in [1.29, 1.82) is 0 Å². The Balaban J connectivity index is 1.77. The molecule has 6 nitrogen and oxygen atoms in total. The van der Waals surface area contributed by atoms with Gasteiger partial charge in [0.1, 0.15) is 17.6 Å². The summed E-state index contributed by atoms with van der Waals surface area (Å²) in [5.41, 5.74) is 3.82. The van der Waals surface area contributed by atoms with Crippen LogP contribution in [0.25, 0.3) is 16.7 Å². The number of ether oxygens (including phenoxy) is 2. The second-order valence-electron chi connectivity index (χ2n) is 8.67. The summed E-state index contributed by atoms with van der Waals surface area (Å²) < 4.78 is 51.7. The molecule has 0 aliphatic carbocycles. The van der Waals surface area contributed by atoms with Crippen LogP contribution in [-0.2, 0) is 0 Å². The third kappa shape index (κ3) is 6.04. The van der Waals surface area contributed by atoms with Crippen LogP contribution in [0.15, 0.2) is 60.9 Å². The average molecular weight is 512 g/mol. The molecule has 3 aromatic carbocycles. The van der Waals surface area contributed by atoms with Crippen LogP contribution in [-0.4, -0.2) is 35.2 Å². The molecule has 4 rings (SSSR count). The van der Waals surface area contributed by atoms with Crippen molar-refractivity contribution in [1.82, 2.24) is 9.55 Å². The van der Waals surface area contributed by atoms with Crippen molar-refractivity contribution in [3.63, 3.8) is 0 Å². The van der Waals surface area contributed by atoms with Crippen LogP contribution in [0.3, 0.4) is 0 Å². The molecule has 1 heterocycles. The zero-order valence-electron chi connectivity index (χ0n) is 20.9. The molecule has 0 aliphatic rings. The summed E-state index contributed by atoms with van der Waals surface area (Å²) in [4.78, 5) is 16.9. The number of methoxy groups -OCH3 is 1. The van der Waals surface area contributed by atoms with Crippen LogP contribution in [0.1, 0.15) is 42.1 Å². The summed E-state index contributed by atoms with van der Waals surface area (Å²) in [5, 5.41) is 2.86. The van der Waals surface area contributed by atoms with Gasteiger partial charge in [-0.2, -0.15) is 13.2 Å². The number of halogens is 3. The minimum atomic E-state index is -4.29. The number of anilines is 1. The van der Waals surface area contributed by atoms with Crippen molar-refractivity contribution < 1.29 is 27.4 Å². The monoisotopic (exact) mass is 511 g/mol. The first-order chi connectivity index (χ1) is 17.7. The molecule has 0 spiro atoms. The van der Waals surface area contributed by atoms with Gasteiger partial charge >= 0.3 is 6.18 Å². The Bertz CT molecular complexity index is 1410. The molecule has 0 unspecified atom stereocenters. The molecule has 0 bridgehead atoms. The number of hydrogen-bond acceptors (Lipinski definition) is 5. The van der Waals surface area contributed by atoms with E-state index < -0.39 is 12.6 Å². The van der Waals surface area contributed by atoms with E-state index in [1.54, 1.807) is 42.7 Å². The van der Waals surface area contributed by atoms with Crippen LogP contribution in [0.5, 0.6) is 17.2 Å². The SMILES string of the molecule is CCCC(=O)c1ccc(-n2cnc3c(NCCC(F)(F)F)cc(Oc4ccccc4OC)cc32)cc1C. The second-order valence-corrected chi connectivity index (χ2v) is 8.67. The predicted molar refractivity (Wildman–Crippen MR) is 137 cm³/mol. The van der Waals surface area contributed by atoms with Gasteiger partial charge in [0.25, 0.3) is 0 Å². The van der Waals surface area contributed by atoms with Crippen molar-refractivity contribution in [2.24, 2.45) is 0 Å². The lowest BCUT2D eigenvalue weighted by Gasteiger charge is -2.15. The first-order valence-corrected chi connectivity index (χ1v) is 12.0. The Hall–Kier alpha value is -4.01. The summed E-state index contributed by atoms with van der Waals surface area (Å²) >= 11 is 0. The third-order valence-electron chi connectivity index (χ3n) is 5.91. The van der Waals surface area contributed by atoms with E-state index in [9.17, 15) is 18.0 Å². The smallest absolute Gasteiger partial charge is 0.390 e. The summed E-state index contributed by atoms with van der Waals surface area (Å²) in [6.45, 7) is 3.53. The van der Waals surface area contributed by atoms with Gasteiger partial charge in [0.2, 0.25) is 0 Å². The molecule has 0 amide bonds. The highest BCUT2D eigenvalue weighted by molar-refractivity contribution is 5.98. The maximum absolute atomic E-state index is 12.8. The molecule has 9 heteroatoms. The molecule has 4 aromatic rings. The van der Waals surface area contributed by atoms with E-state index in [1.807, 2.05) is 36.6 Å². The molecular weight excluding hydrogens is 483 g/mol. The number of rotatable bonds is 10. The lowest BCUT2D eigenvalue weighted by atomic mass is 10.0. The Morgan fingerprint density at radius 1 is 1.08 bits per heavy atom. The van der Waals surface area contributed by atoms with Crippen molar-refractivity contribution in [2.75, 3.05) is 19.0 Å². The molecular formula is C28H28F3N3O3. The second kappa shape index (κ2) is 10.9. The van der Waals surface area contributed by atoms with Crippen molar-refractivity contribution in [3.05, 3.63) is 72.1 Å². The molecule has 0 aliphatic heterocycles. The average Bonchev–Trinajstić information content (AvgIpc) is 3.28. The fourth-order valence-corrected chi connectivity index (χ4v) is 4.13. The molecule has 37 heavy (non-hydrogen) atoms. The number of benzene rings is 3. The molecule has 1 aromatic heterocycles. The summed E-state index contributed by atoms with van der Waals surface area (Å²) in [5.74, 6) is 1.47. The lowest BCUT2D eigenvalue weighted by Crippen LogP contribution is -2.14. The number of carbonyl (C=O) groups excluding carboxylic acids is 1. The number of nitrogens with zero attached hydrogens (tertiary/aromatic N) is 2. The van der Waals surface area contributed by atoms with Crippen molar-refractivity contribution in [2.45, 2.75) is 39.3 Å². The number of fused-ring (bicyclic) bond motifs is 1. The summed E-state index contributed by atoms with van der Waals surface area (Å²) in [6.07, 6.45) is -2.42. The molecule has 0 saturated heterocycles. The normalized spacial score (nSPS) is 11.5. The highest BCUT2D eigenvalue weighted by atomic mass is 19.4. The number of hydrogen-bond donors (Lipinski definition) is 1. The van der Waals surface area contributed by atoms with E-state index in [0.717, 1.165) is 17.7 Å². The molecule has 0 radical (unpaired) electrons. The van der Waals surface area contributed by atoms with Gasteiger partial charge in [-0.15, -0.1) is 0 Å². The Kier molecular flexibility index (Phi) is 7.71. The van der Waals surface area contributed by atoms with Gasteiger partial charge in [-0.1, -0.05) is 19.1 Å². The maximum Gasteiger partial charge on any atom is 0.390 e. The van der Waals surface area contributed by atoms with Crippen LogP contribution < -0.4 is 14.8 Å². The molecule has 0 atom stereocenters. The minimum absolute atomic E-state index is 0.0886. The third-order valence-corrected chi connectivity index (χ3v) is 5.91. The number of para-hydroxylation sites is 2. The van der Waals surface area contributed by atoms with E-state index in [-0.39, 0.29) is 12.3 Å². The number of aryl methyl sites for hydroxylation is 1. The van der Waals surface area contributed by atoms with Crippen LogP contribution >= 0.6 is 0 Å². The van der Waals surface area contributed by atoms with E-state index in [1.165, 1.54) is 7.11 Å². The first-order valence-electron chi connectivity index (χ1n) is 12.0. The Morgan fingerprint density at radius 3 is 2.51 bits per heavy atom. The topological polar surface area (TPSA) is 65.4 Å². The molecule has 1 N–H and O–H groups in total. The van der Waals surface area contributed by atoms with E-state index >= 15 is 0 Å². The van der Waals surface area contributed by atoms with Gasteiger partial charge in [0.05, 0.1) is 24.7 Å². The first kappa shape index (κ1) is 26.1. The number of alkyl halides is 3.